The van der Waals surface area contributed by atoms with Gasteiger partial charge in [0.15, 0.2) is 5.82 Å². The Morgan fingerprint density at radius 2 is 1.38 bits per heavy atom. The fourth-order valence-electron chi connectivity index (χ4n) is 2.15. The molecule has 0 aliphatic heterocycles. The molecule has 0 saturated heterocycles. The maximum Gasteiger partial charge on any atom is 0.161 e. The lowest BCUT2D eigenvalue weighted by atomic mass is 10.0. The predicted molar refractivity (Wildman–Crippen MR) is 94.8 cm³/mol. The highest BCUT2D eigenvalue weighted by Gasteiger charge is 2.08. The van der Waals surface area contributed by atoms with Crippen LogP contribution in [0.15, 0.2) is 54.6 Å². The molecule has 3 aromatic rings. The first-order valence-electron chi connectivity index (χ1n) is 6.60. The number of nitrogen functional groups attached to an aromatic ring is 1. The van der Waals surface area contributed by atoms with Crippen molar-refractivity contribution in [2.75, 3.05) is 5.73 Å². The van der Waals surface area contributed by atoms with Crippen LogP contribution in [0.5, 0.6) is 0 Å². The van der Waals surface area contributed by atoms with Gasteiger partial charge in [-0.05, 0) is 40.6 Å². The molecule has 3 rings (SSSR count). The van der Waals surface area contributed by atoms with Crippen molar-refractivity contribution >= 4 is 28.4 Å². The molecule has 0 aliphatic carbocycles. The summed E-state index contributed by atoms with van der Waals surface area (Å²) in [5, 5.41) is 0. The molecule has 104 valence electrons. The Morgan fingerprint density at radius 3 is 2.00 bits per heavy atom. The lowest BCUT2D eigenvalue weighted by Gasteiger charge is -2.07. The fraction of sp³-hybridized carbons (Fsp3) is 0.0588. The molecular weight excluding hydrogens is 373 g/mol. The number of benzene rings is 2. The second-order valence-electron chi connectivity index (χ2n) is 4.78. The summed E-state index contributed by atoms with van der Waals surface area (Å²) in [6, 6.07) is 18.5. The Hall–Kier alpha value is -1.95. The summed E-state index contributed by atoms with van der Waals surface area (Å²) < 4.78 is 0.914. The highest BCUT2D eigenvalue weighted by atomic mass is 127. The third-order valence-corrected chi connectivity index (χ3v) is 4.63. The largest absolute Gasteiger partial charge is 0.383 e. The number of aromatic nitrogens is 2. The summed E-state index contributed by atoms with van der Waals surface area (Å²) in [5.74, 6) is 1.20. The lowest BCUT2D eigenvalue weighted by Crippen LogP contribution is -2.02. The quantitative estimate of drug-likeness (QED) is 0.667. The normalized spacial score (nSPS) is 10.6. The van der Waals surface area contributed by atoms with E-state index in [-0.39, 0.29) is 0 Å². The zero-order valence-corrected chi connectivity index (χ0v) is 13.7. The van der Waals surface area contributed by atoms with Gasteiger partial charge >= 0.3 is 0 Å². The molecule has 0 spiro atoms. The van der Waals surface area contributed by atoms with Crippen molar-refractivity contribution in [2.24, 2.45) is 0 Å². The third kappa shape index (κ3) is 2.90. The van der Waals surface area contributed by atoms with Crippen LogP contribution < -0.4 is 5.73 Å². The molecule has 0 bridgehead atoms. The molecule has 0 amide bonds. The first kappa shape index (κ1) is 14.0. The van der Waals surface area contributed by atoms with Gasteiger partial charge in [-0.2, -0.15) is 0 Å². The van der Waals surface area contributed by atoms with Crippen LogP contribution in [0.4, 0.5) is 5.82 Å². The number of hydrogen-bond acceptors (Lipinski definition) is 3. The first-order chi connectivity index (χ1) is 10.1. The van der Waals surface area contributed by atoms with E-state index in [0.717, 1.165) is 14.8 Å². The van der Waals surface area contributed by atoms with Crippen molar-refractivity contribution in [1.82, 2.24) is 9.97 Å². The van der Waals surface area contributed by atoms with Gasteiger partial charge in [0.05, 0.1) is 9.26 Å². The molecule has 21 heavy (non-hydrogen) atoms. The average Bonchev–Trinajstić information content (AvgIpc) is 2.53. The predicted octanol–water partition coefficient (Wildman–Crippen LogP) is 4.31. The maximum atomic E-state index is 5.92. The van der Waals surface area contributed by atoms with Gasteiger partial charge < -0.3 is 5.73 Å². The number of halogens is 1. The van der Waals surface area contributed by atoms with Gasteiger partial charge in [0.1, 0.15) is 5.82 Å². The summed E-state index contributed by atoms with van der Waals surface area (Å²) in [6.45, 7) is 1.95. The molecule has 4 heteroatoms. The minimum absolute atomic E-state index is 0.533. The minimum Gasteiger partial charge on any atom is -0.383 e. The summed E-state index contributed by atoms with van der Waals surface area (Å²) in [5.41, 5.74) is 10.2. The molecule has 0 atom stereocenters. The highest BCUT2D eigenvalue weighted by molar-refractivity contribution is 14.1. The average molecular weight is 387 g/mol. The van der Waals surface area contributed by atoms with Crippen LogP contribution in [0.3, 0.4) is 0 Å². The summed E-state index contributed by atoms with van der Waals surface area (Å²) in [7, 11) is 0. The molecule has 0 saturated carbocycles. The van der Waals surface area contributed by atoms with Crippen molar-refractivity contribution in [1.29, 1.82) is 0 Å². The van der Waals surface area contributed by atoms with Crippen LogP contribution in [0.2, 0.25) is 0 Å². The van der Waals surface area contributed by atoms with E-state index in [1.165, 1.54) is 11.1 Å². The first-order valence-corrected chi connectivity index (χ1v) is 7.68. The van der Waals surface area contributed by atoms with Crippen molar-refractivity contribution in [3.8, 4) is 22.5 Å². The van der Waals surface area contributed by atoms with Crippen molar-refractivity contribution < 1.29 is 0 Å². The van der Waals surface area contributed by atoms with Gasteiger partial charge in [-0.15, -0.1) is 0 Å². The number of nitrogens with zero attached hydrogens (tertiary/aromatic N) is 2. The number of nitrogens with two attached hydrogens (primary N) is 1. The molecule has 1 heterocycles. The van der Waals surface area contributed by atoms with Crippen molar-refractivity contribution in [2.45, 2.75) is 6.92 Å². The Kier molecular flexibility index (Phi) is 3.88. The summed E-state index contributed by atoms with van der Waals surface area (Å²) in [4.78, 5) is 8.87. The van der Waals surface area contributed by atoms with E-state index in [4.69, 9.17) is 5.73 Å². The number of hydrogen-bond donors (Lipinski definition) is 1. The van der Waals surface area contributed by atoms with Gasteiger partial charge in [-0.25, -0.2) is 9.97 Å². The molecule has 0 radical (unpaired) electrons. The zero-order chi connectivity index (χ0) is 14.8. The molecule has 1 aromatic heterocycles. The van der Waals surface area contributed by atoms with Gasteiger partial charge in [-0.1, -0.05) is 54.6 Å². The van der Waals surface area contributed by atoms with Gasteiger partial charge in [-0.3, -0.25) is 0 Å². The minimum atomic E-state index is 0.533. The van der Waals surface area contributed by atoms with E-state index in [0.29, 0.717) is 11.6 Å². The standard InChI is InChI=1S/C17H14IN3/c1-11-15(18)16(19)21-17(20-11)14-9-7-13(8-10-14)12-5-3-2-4-6-12/h2-10H,1H3,(H2,19,20,21). The monoisotopic (exact) mass is 387 g/mol. The molecule has 3 nitrogen and oxygen atoms in total. The fourth-order valence-corrected chi connectivity index (χ4v) is 2.39. The van der Waals surface area contributed by atoms with Gasteiger partial charge in [0.2, 0.25) is 0 Å². The Morgan fingerprint density at radius 1 is 0.810 bits per heavy atom. The second kappa shape index (κ2) is 5.81. The van der Waals surface area contributed by atoms with Crippen LogP contribution >= 0.6 is 22.6 Å². The molecule has 2 aromatic carbocycles. The number of rotatable bonds is 2. The van der Waals surface area contributed by atoms with Crippen LogP contribution in [0.1, 0.15) is 5.69 Å². The van der Waals surface area contributed by atoms with E-state index in [9.17, 15) is 0 Å². The summed E-state index contributed by atoms with van der Waals surface area (Å²) in [6.07, 6.45) is 0. The van der Waals surface area contributed by atoms with Gasteiger partial charge in [0, 0.05) is 5.56 Å². The SMILES string of the molecule is Cc1nc(-c2ccc(-c3ccccc3)cc2)nc(N)c1I. The molecule has 0 aliphatic rings. The molecule has 0 fully saturated rings. The molecule has 2 N–H and O–H groups in total. The van der Waals surface area contributed by atoms with Crippen LogP contribution in [0, 0.1) is 10.5 Å². The van der Waals surface area contributed by atoms with E-state index in [1.807, 2.05) is 37.3 Å². The Bertz CT molecular complexity index is 745. The van der Waals surface area contributed by atoms with Crippen LogP contribution in [-0.4, -0.2) is 9.97 Å². The topological polar surface area (TPSA) is 51.8 Å². The van der Waals surface area contributed by atoms with Gasteiger partial charge in [0.25, 0.3) is 0 Å². The Balaban J connectivity index is 1.98. The van der Waals surface area contributed by atoms with E-state index < -0.39 is 0 Å². The van der Waals surface area contributed by atoms with E-state index >= 15 is 0 Å². The van der Waals surface area contributed by atoms with Crippen LogP contribution in [0.25, 0.3) is 22.5 Å². The third-order valence-electron chi connectivity index (χ3n) is 3.29. The summed E-state index contributed by atoms with van der Waals surface area (Å²) >= 11 is 2.17. The zero-order valence-electron chi connectivity index (χ0n) is 11.5. The number of anilines is 1. The van der Waals surface area contributed by atoms with Crippen LogP contribution in [-0.2, 0) is 0 Å². The smallest absolute Gasteiger partial charge is 0.161 e. The second-order valence-corrected chi connectivity index (χ2v) is 5.85. The highest BCUT2D eigenvalue weighted by Crippen LogP contribution is 2.25. The van der Waals surface area contributed by atoms with Crippen molar-refractivity contribution in [3.63, 3.8) is 0 Å². The van der Waals surface area contributed by atoms with Crippen molar-refractivity contribution in [3.05, 3.63) is 63.9 Å². The number of aryl methyl sites for hydroxylation is 1. The van der Waals surface area contributed by atoms with E-state index in [1.54, 1.807) is 0 Å². The van der Waals surface area contributed by atoms with E-state index in [2.05, 4.69) is 56.8 Å². The molecule has 0 unspecified atom stereocenters. The maximum absolute atomic E-state index is 5.92. The Labute approximate surface area is 137 Å². The molecular formula is C17H14IN3. The lowest BCUT2D eigenvalue weighted by molar-refractivity contribution is 1.10.